The van der Waals surface area contributed by atoms with E-state index in [1.807, 2.05) is 43.5 Å². The number of nitrogens with one attached hydrogen (secondary N) is 1. The fourth-order valence-electron chi connectivity index (χ4n) is 5.72. The number of rotatable bonds is 7. The Hall–Kier alpha value is -3.64. The first-order valence-electron chi connectivity index (χ1n) is 14.7. The van der Waals surface area contributed by atoms with Gasteiger partial charge in [0, 0.05) is 18.3 Å². The molecule has 3 rings (SSSR count). The molecule has 0 aliphatic carbocycles. The van der Waals surface area contributed by atoms with E-state index in [0.29, 0.717) is 28.1 Å². The summed E-state index contributed by atoms with van der Waals surface area (Å²) >= 11 is 0. The van der Waals surface area contributed by atoms with Crippen LogP contribution in [0.2, 0.25) is 16.6 Å². The fraction of sp³-hybridized carbons (Fsp3) is 0.515. The van der Waals surface area contributed by atoms with Gasteiger partial charge in [-0.15, -0.1) is 5.54 Å². The smallest absolute Gasteiger partial charge is 0.410 e. The number of likely N-dealkylation sites (N-methyl/N-ethyl adjacent to an activating group) is 1. The van der Waals surface area contributed by atoms with E-state index in [2.05, 4.69) is 67.7 Å². The lowest BCUT2D eigenvalue weighted by atomic mass is 10.1. The van der Waals surface area contributed by atoms with Gasteiger partial charge in [0.15, 0.2) is 0 Å². The average molecular weight is 590 g/mol. The summed E-state index contributed by atoms with van der Waals surface area (Å²) in [6.07, 6.45) is 1.26. The Kier molecular flexibility index (Phi) is 9.94. The number of nitrogens with zero attached hydrogens (tertiary/aromatic N) is 4. The molecule has 0 aliphatic rings. The number of aromatic nitrogens is 3. The van der Waals surface area contributed by atoms with E-state index in [1.165, 1.54) is 4.90 Å². The largest absolute Gasteiger partial charge is 0.444 e. The van der Waals surface area contributed by atoms with Crippen molar-refractivity contribution >= 4 is 31.5 Å². The van der Waals surface area contributed by atoms with Crippen LogP contribution < -0.4 is 5.32 Å². The number of hydrogen-bond acceptors (Lipinski definition) is 5. The second-order valence-corrected chi connectivity index (χ2v) is 18.6. The Bertz CT molecular complexity index is 1490. The van der Waals surface area contributed by atoms with Crippen LogP contribution in [0.3, 0.4) is 0 Å². The second kappa shape index (κ2) is 12.7. The molecule has 0 spiro atoms. The molecule has 42 heavy (non-hydrogen) atoms. The molecule has 8 nitrogen and oxygen atoms in total. The summed E-state index contributed by atoms with van der Waals surface area (Å²) in [5.74, 6) is 3.42. The van der Waals surface area contributed by atoms with Crippen molar-refractivity contribution in [1.29, 1.82) is 0 Å². The highest BCUT2D eigenvalue weighted by Gasteiger charge is 2.41. The van der Waals surface area contributed by atoms with Gasteiger partial charge in [-0.3, -0.25) is 14.1 Å². The van der Waals surface area contributed by atoms with Crippen LogP contribution in [0.25, 0.3) is 16.9 Å². The summed E-state index contributed by atoms with van der Waals surface area (Å²) in [6.45, 7) is 22.7. The maximum Gasteiger partial charge on any atom is 0.410 e. The Morgan fingerprint density at radius 3 is 2.21 bits per heavy atom. The van der Waals surface area contributed by atoms with Crippen LogP contribution in [0.15, 0.2) is 36.5 Å². The van der Waals surface area contributed by atoms with Gasteiger partial charge in [0.05, 0.1) is 11.9 Å². The molecule has 0 saturated carbocycles. The van der Waals surface area contributed by atoms with Crippen molar-refractivity contribution in [3.8, 4) is 22.7 Å². The zero-order valence-corrected chi connectivity index (χ0v) is 28.3. The third-order valence-corrected chi connectivity index (χ3v) is 14.3. The molecular weight excluding hydrogens is 542 g/mol. The zero-order valence-electron chi connectivity index (χ0n) is 27.3. The topological polar surface area (TPSA) is 88.8 Å². The molecular formula is C33H47N5O3Si. The molecule has 0 bridgehead atoms. The minimum absolute atomic E-state index is 0.362. The molecule has 0 fully saturated rings. The van der Waals surface area contributed by atoms with E-state index in [-0.39, 0.29) is 5.91 Å². The highest BCUT2D eigenvalue weighted by Crippen LogP contribution is 2.40. The van der Waals surface area contributed by atoms with Crippen LogP contribution >= 0.6 is 0 Å². The van der Waals surface area contributed by atoms with E-state index in [1.54, 1.807) is 34.7 Å². The predicted octanol–water partition coefficient (Wildman–Crippen LogP) is 7.47. The van der Waals surface area contributed by atoms with Gasteiger partial charge in [-0.25, -0.2) is 14.8 Å². The molecule has 3 heterocycles. The number of anilines is 1. The normalized spacial score (nSPS) is 12.8. The first-order valence-corrected chi connectivity index (χ1v) is 17.0. The number of hydrogen-bond donors (Lipinski definition) is 1. The molecule has 0 radical (unpaired) electrons. The van der Waals surface area contributed by atoms with Crippen LogP contribution in [0.4, 0.5) is 10.6 Å². The van der Waals surface area contributed by atoms with Gasteiger partial charge in [-0.05, 0) is 75.5 Å². The Balaban J connectivity index is 2.10. The zero-order chi connectivity index (χ0) is 31.6. The van der Waals surface area contributed by atoms with E-state index in [0.717, 1.165) is 22.6 Å². The Morgan fingerprint density at radius 1 is 1.02 bits per heavy atom. The summed E-state index contributed by atoms with van der Waals surface area (Å²) in [5.41, 5.74) is 8.66. The van der Waals surface area contributed by atoms with Crippen LogP contribution in [-0.4, -0.2) is 58.0 Å². The molecule has 3 aromatic rings. The lowest BCUT2D eigenvalue weighted by Gasteiger charge is -2.38. The van der Waals surface area contributed by atoms with Gasteiger partial charge >= 0.3 is 6.09 Å². The van der Waals surface area contributed by atoms with Gasteiger partial charge in [-0.1, -0.05) is 53.5 Å². The lowest BCUT2D eigenvalue weighted by Crippen LogP contribution is -2.45. The minimum Gasteiger partial charge on any atom is -0.444 e. The van der Waals surface area contributed by atoms with Crippen LogP contribution in [0.5, 0.6) is 0 Å². The summed E-state index contributed by atoms with van der Waals surface area (Å²) in [7, 11) is -0.475. The van der Waals surface area contributed by atoms with E-state index in [4.69, 9.17) is 9.72 Å². The number of pyridine rings is 2. The fourth-order valence-corrected chi connectivity index (χ4v) is 10.9. The first-order chi connectivity index (χ1) is 19.5. The number of amides is 2. The summed E-state index contributed by atoms with van der Waals surface area (Å²) in [6, 6.07) is 8.98. The van der Waals surface area contributed by atoms with Crippen molar-refractivity contribution in [3.63, 3.8) is 0 Å². The van der Waals surface area contributed by atoms with Crippen molar-refractivity contribution in [1.82, 2.24) is 19.3 Å². The van der Waals surface area contributed by atoms with Crippen LogP contribution in [-0.2, 0) is 9.53 Å². The molecule has 9 heteroatoms. The number of aryl methyl sites for hydroxylation is 1. The number of carbonyl (C=O) groups is 2. The second-order valence-electron chi connectivity index (χ2n) is 13.0. The average Bonchev–Trinajstić information content (AvgIpc) is 3.32. The standard InChI is InChI=1S/C33H47N5O3Si/c1-21(2)42(22(3)4,23(5)6)17-16-27-18-26(28-20-34-30-15-13-14-24(7)38(28)30)19-29(35-27)36-31(39)25(8)37(12)32(40)41-33(9,10)11/h13-15,18-23,25H,1-12H3,(H,35,36,39)/t25-/m1/s1. The van der Waals surface area contributed by atoms with Gasteiger partial charge in [0.1, 0.15) is 36.9 Å². The van der Waals surface area contributed by atoms with Crippen molar-refractivity contribution in [2.75, 3.05) is 12.4 Å². The highest BCUT2D eigenvalue weighted by atomic mass is 28.3. The third-order valence-electron chi connectivity index (χ3n) is 8.01. The predicted molar refractivity (Wildman–Crippen MR) is 173 cm³/mol. The van der Waals surface area contributed by atoms with Gasteiger partial charge in [0.25, 0.3) is 0 Å². The molecule has 0 unspecified atom stereocenters. The van der Waals surface area contributed by atoms with E-state index < -0.39 is 25.8 Å². The van der Waals surface area contributed by atoms with E-state index >= 15 is 0 Å². The van der Waals surface area contributed by atoms with Gasteiger partial charge in [0.2, 0.25) is 5.91 Å². The Morgan fingerprint density at radius 2 is 1.64 bits per heavy atom. The SMILES string of the molecule is Cc1cccc2ncc(-c3cc(C#C[Si](C(C)C)(C(C)C)C(C)C)nc(NC(=O)[C@@H](C)N(C)C(=O)OC(C)(C)C)c3)n12. The summed E-state index contributed by atoms with van der Waals surface area (Å²) in [5, 5.41) is 2.93. The van der Waals surface area contributed by atoms with Crippen molar-refractivity contribution in [2.24, 2.45) is 0 Å². The number of ether oxygens (including phenoxy) is 1. The molecule has 0 aromatic carbocycles. The highest BCUT2D eigenvalue weighted by molar-refractivity contribution is 6.90. The lowest BCUT2D eigenvalue weighted by molar-refractivity contribution is -0.120. The molecule has 226 valence electrons. The molecule has 1 N–H and O–H groups in total. The van der Waals surface area contributed by atoms with Crippen molar-refractivity contribution < 1.29 is 14.3 Å². The summed E-state index contributed by atoms with van der Waals surface area (Å²) in [4.78, 5) is 36.6. The molecule has 3 aromatic heterocycles. The quantitative estimate of drug-likeness (QED) is 0.228. The van der Waals surface area contributed by atoms with Gasteiger partial charge < -0.3 is 10.1 Å². The number of imidazole rings is 1. The molecule has 0 saturated heterocycles. The molecule has 1 atom stereocenters. The number of carbonyl (C=O) groups excluding carboxylic acids is 2. The molecule has 2 amide bonds. The van der Waals surface area contributed by atoms with E-state index in [9.17, 15) is 9.59 Å². The van der Waals surface area contributed by atoms with Crippen LogP contribution in [0, 0.1) is 18.4 Å². The Labute approximate surface area is 252 Å². The number of fused-ring (bicyclic) bond motifs is 1. The van der Waals surface area contributed by atoms with Crippen LogP contribution in [0.1, 0.15) is 80.6 Å². The molecule has 0 aliphatic heterocycles. The minimum atomic E-state index is -2.03. The monoisotopic (exact) mass is 589 g/mol. The van der Waals surface area contributed by atoms with Gasteiger partial charge in [-0.2, -0.15) is 0 Å². The van der Waals surface area contributed by atoms with Crippen molar-refractivity contribution in [2.45, 2.75) is 104 Å². The summed E-state index contributed by atoms with van der Waals surface area (Å²) < 4.78 is 7.52. The third kappa shape index (κ3) is 7.04. The maximum absolute atomic E-state index is 13.3. The first kappa shape index (κ1) is 32.9. The van der Waals surface area contributed by atoms with Crippen molar-refractivity contribution in [3.05, 3.63) is 47.9 Å². The maximum atomic E-state index is 13.3.